The number of hydrogen-bond acceptors (Lipinski definition) is 4. The molecule has 0 radical (unpaired) electrons. The minimum atomic E-state index is -0.187. The molecule has 0 spiro atoms. The minimum Gasteiger partial charge on any atom is -0.504 e. The summed E-state index contributed by atoms with van der Waals surface area (Å²) in [6.07, 6.45) is 1.93. The van der Waals surface area contributed by atoms with E-state index in [0.29, 0.717) is 23.8 Å². The Bertz CT molecular complexity index is 442. The number of carbonyl (C=O) groups excluding carboxylic acids is 1. The average molecular weight is 250 g/mol. The van der Waals surface area contributed by atoms with Crippen molar-refractivity contribution in [2.75, 3.05) is 13.7 Å². The zero-order valence-corrected chi connectivity index (χ0v) is 10.3. The summed E-state index contributed by atoms with van der Waals surface area (Å²) < 4.78 is 4.92. The van der Waals surface area contributed by atoms with Crippen LogP contribution >= 0.6 is 0 Å². The van der Waals surface area contributed by atoms with Gasteiger partial charge < -0.3 is 20.9 Å². The van der Waals surface area contributed by atoms with E-state index in [2.05, 4.69) is 5.32 Å². The van der Waals surface area contributed by atoms with Crippen LogP contribution in [0.3, 0.4) is 0 Å². The van der Waals surface area contributed by atoms with E-state index < -0.39 is 0 Å². The third kappa shape index (κ3) is 2.73. The van der Waals surface area contributed by atoms with Crippen LogP contribution in [0.1, 0.15) is 23.2 Å². The van der Waals surface area contributed by atoms with Crippen LogP contribution < -0.4 is 15.8 Å². The summed E-state index contributed by atoms with van der Waals surface area (Å²) in [5.41, 5.74) is 6.11. The Morgan fingerprint density at radius 2 is 2.28 bits per heavy atom. The molecule has 0 aromatic heterocycles. The van der Waals surface area contributed by atoms with Crippen molar-refractivity contribution in [2.45, 2.75) is 18.9 Å². The van der Waals surface area contributed by atoms with Crippen LogP contribution in [0.2, 0.25) is 0 Å². The van der Waals surface area contributed by atoms with Crippen molar-refractivity contribution in [3.8, 4) is 11.5 Å². The van der Waals surface area contributed by atoms with Crippen LogP contribution in [0.25, 0.3) is 0 Å². The van der Waals surface area contributed by atoms with Gasteiger partial charge in [0.1, 0.15) is 0 Å². The molecule has 98 valence electrons. The number of methoxy groups -OCH3 is 1. The predicted molar refractivity (Wildman–Crippen MR) is 67.7 cm³/mol. The molecular weight excluding hydrogens is 232 g/mol. The van der Waals surface area contributed by atoms with Crippen LogP contribution in [0.4, 0.5) is 0 Å². The smallest absolute Gasteiger partial charge is 0.251 e. The van der Waals surface area contributed by atoms with E-state index in [0.717, 1.165) is 12.8 Å². The third-order valence-corrected chi connectivity index (χ3v) is 3.26. The molecule has 1 saturated carbocycles. The molecule has 1 fully saturated rings. The van der Waals surface area contributed by atoms with Crippen molar-refractivity contribution in [1.29, 1.82) is 0 Å². The molecule has 0 bridgehead atoms. The molecule has 0 aliphatic heterocycles. The van der Waals surface area contributed by atoms with Crippen LogP contribution in [0.5, 0.6) is 11.5 Å². The first kappa shape index (κ1) is 12.7. The highest BCUT2D eigenvalue weighted by atomic mass is 16.5. The number of carbonyl (C=O) groups is 1. The van der Waals surface area contributed by atoms with Gasteiger partial charge in [-0.3, -0.25) is 4.79 Å². The number of phenols is 1. The van der Waals surface area contributed by atoms with Gasteiger partial charge in [0.15, 0.2) is 11.5 Å². The van der Waals surface area contributed by atoms with Gasteiger partial charge in [0.05, 0.1) is 7.11 Å². The van der Waals surface area contributed by atoms with Crippen LogP contribution in [-0.4, -0.2) is 30.7 Å². The van der Waals surface area contributed by atoms with Gasteiger partial charge in [-0.05, 0) is 37.0 Å². The van der Waals surface area contributed by atoms with Gasteiger partial charge in [-0.1, -0.05) is 0 Å². The van der Waals surface area contributed by atoms with Gasteiger partial charge >= 0.3 is 0 Å². The molecule has 1 aromatic carbocycles. The summed E-state index contributed by atoms with van der Waals surface area (Å²) in [5.74, 6) is 0.622. The van der Waals surface area contributed by atoms with Crippen molar-refractivity contribution < 1.29 is 14.6 Å². The Hall–Kier alpha value is -1.75. The number of rotatable bonds is 4. The Morgan fingerprint density at radius 1 is 1.56 bits per heavy atom. The van der Waals surface area contributed by atoms with Gasteiger partial charge in [-0.2, -0.15) is 0 Å². The number of hydrogen-bond donors (Lipinski definition) is 3. The monoisotopic (exact) mass is 250 g/mol. The summed E-state index contributed by atoms with van der Waals surface area (Å²) in [6.45, 7) is 0.638. The van der Waals surface area contributed by atoms with E-state index in [1.165, 1.54) is 13.2 Å². The molecule has 4 N–H and O–H groups in total. The topological polar surface area (TPSA) is 84.6 Å². The molecule has 1 aliphatic rings. The van der Waals surface area contributed by atoms with Gasteiger partial charge in [0.2, 0.25) is 0 Å². The van der Waals surface area contributed by atoms with E-state index in [-0.39, 0.29) is 17.7 Å². The minimum absolute atomic E-state index is 0.0317. The average Bonchev–Trinajstić information content (AvgIpc) is 2.32. The second-order valence-electron chi connectivity index (χ2n) is 4.69. The fourth-order valence-electron chi connectivity index (χ4n) is 2.12. The molecule has 5 heteroatoms. The number of benzene rings is 1. The normalized spacial score (nSPS) is 22.1. The SMILES string of the molecule is COc1ccc(C(=O)NCC2CC(N)C2)cc1O. The first-order chi connectivity index (χ1) is 8.60. The predicted octanol–water partition coefficient (Wildman–Crippen LogP) is 0.868. The number of ether oxygens (including phenoxy) is 1. The van der Waals surface area contributed by atoms with E-state index in [4.69, 9.17) is 10.5 Å². The molecule has 0 atom stereocenters. The van der Waals surface area contributed by atoms with Gasteiger partial charge in [-0.25, -0.2) is 0 Å². The largest absolute Gasteiger partial charge is 0.504 e. The summed E-state index contributed by atoms with van der Waals surface area (Å²) in [7, 11) is 1.47. The van der Waals surface area contributed by atoms with Crippen molar-refractivity contribution in [1.82, 2.24) is 5.32 Å². The molecule has 1 amide bonds. The molecule has 5 nitrogen and oxygen atoms in total. The lowest BCUT2D eigenvalue weighted by molar-refractivity contribution is 0.0935. The summed E-state index contributed by atoms with van der Waals surface area (Å²) >= 11 is 0. The Kier molecular flexibility index (Phi) is 3.72. The van der Waals surface area contributed by atoms with Gasteiger partial charge in [0, 0.05) is 18.2 Å². The van der Waals surface area contributed by atoms with Crippen LogP contribution in [0, 0.1) is 5.92 Å². The molecule has 0 unspecified atom stereocenters. The second-order valence-corrected chi connectivity index (χ2v) is 4.69. The summed E-state index contributed by atoms with van der Waals surface area (Å²) in [6, 6.07) is 4.89. The maximum atomic E-state index is 11.8. The highest BCUT2D eigenvalue weighted by Crippen LogP contribution is 2.27. The van der Waals surface area contributed by atoms with E-state index in [1.807, 2.05) is 0 Å². The standard InChI is InChI=1S/C13H18N2O3/c1-18-12-3-2-9(6-11(12)16)13(17)15-7-8-4-10(14)5-8/h2-3,6,8,10,16H,4-5,7,14H2,1H3,(H,15,17). The maximum Gasteiger partial charge on any atom is 0.251 e. The number of aromatic hydroxyl groups is 1. The zero-order chi connectivity index (χ0) is 13.1. The lowest BCUT2D eigenvalue weighted by Crippen LogP contribution is -2.42. The molecule has 1 aromatic rings. The number of amides is 1. The van der Waals surface area contributed by atoms with Gasteiger partial charge in [-0.15, -0.1) is 0 Å². The second kappa shape index (κ2) is 5.27. The van der Waals surface area contributed by atoms with Crippen molar-refractivity contribution in [2.24, 2.45) is 11.7 Å². The lowest BCUT2D eigenvalue weighted by atomic mass is 9.81. The van der Waals surface area contributed by atoms with E-state index >= 15 is 0 Å². The number of nitrogens with one attached hydrogen (secondary N) is 1. The van der Waals surface area contributed by atoms with E-state index in [1.54, 1.807) is 12.1 Å². The van der Waals surface area contributed by atoms with Crippen molar-refractivity contribution in [3.05, 3.63) is 23.8 Å². The molecule has 0 saturated heterocycles. The van der Waals surface area contributed by atoms with Crippen LogP contribution in [0.15, 0.2) is 18.2 Å². The van der Waals surface area contributed by atoms with Crippen LogP contribution in [-0.2, 0) is 0 Å². The lowest BCUT2D eigenvalue weighted by Gasteiger charge is -2.32. The van der Waals surface area contributed by atoms with E-state index in [9.17, 15) is 9.90 Å². The number of phenolic OH excluding ortho intramolecular Hbond substituents is 1. The first-order valence-electron chi connectivity index (χ1n) is 6.01. The van der Waals surface area contributed by atoms with Crippen molar-refractivity contribution >= 4 is 5.91 Å². The maximum absolute atomic E-state index is 11.8. The highest BCUT2D eigenvalue weighted by Gasteiger charge is 2.26. The Balaban J connectivity index is 1.90. The molecule has 1 aliphatic carbocycles. The molecular formula is C13H18N2O3. The fourth-order valence-corrected chi connectivity index (χ4v) is 2.12. The quantitative estimate of drug-likeness (QED) is 0.740. The highest BCUT2D eigenvalue weighted by molar-refractivity contribution is 5.94. The zero-order valence-electron chi connectivity index (χ0n) is 10.3. The van der Waals surface area contributed by atoms with Crippen molar-refractivity contribution in [3.63, 3.8) is 0 Å². The van der Waals surface area contributed by atoms with Gasteiger partial charge in [0.25, 0.3) is 5.91 Å². The number of nitrogens with two attached hydrogens (primary N) is 1. The molecule has 2 rings (SSSR count). The Morgan fingerprint density at radius 3 is 2.83 bits per heavy atom. The Labute approximate surface area is 106 Å². The molecule has 0 heterocycles. The first-order valence-corrected chi connectivity index (χ1v) is 6.01. The summed E-state index contributed by atoms with van der Waals surface area (Å²) in [5, 5.41) is 12.4. The summed E-state index contributed by atoms with van der Waals surface area (Å²) in [4.78, 5) is 11.8. The molecule has 18 heavy (non-hydrogen) atoms. The fraction of sp³-hybridized carbons (Fsp3) is 0.462. The third-order valence-electron chi connectivity index (χ3n) is 3.26.